The van der Waals surface area contributed by atoms with Gasteiger partial charge in [-0.25, -0.2) is 0 Å². The summed E-state index contributed by atoms with van der Waals surface area (Å²) in [7, 11) is 0. The lowest BCUT2D eigenvalue weighted by atomic mass is 9.90. The summed E-state index contributed by atoms with van der Waals surface area (Å²) in [5, 5.41) is 10.4. The number of rotatable bonds is 3. The summed E-state index contributed by atoms with van der Waals surface area (Å²) in [6.45, 7) is 8.04. The van der Waals surface area contributed by atoms with E-state index < -0.39 is 12.0 Å². The van der Waals surface area contributed by atoms with Gasteiger partial charge in [-0.2, -0.15) is 0 Å². The number of nitrogens with zero attached hydrogens (tertiary/aromatic N) is 1. The summed E-state index contributed by atoms with van der Waals surface area (Å²) >= 11 is 0. The molecule has 0 aliphatic carbocycles. The number of aliphatic hydroxyl groups is 1. The van der Waals surface area contributed by atoms with Gasteiger partial charge in [-0.1, -0.05) is 45.0 Å². The molecule has 2 aromatic rings. The standard InChI is InChI=1S/C19H24N2O3/c1-19(2,3)17-13(8-16(24-17)18(20)23)10-21-9-12-6-4-5-7-14(12)15(22)11-21/h4-8,15,22H,9-11H2,1-3H3,(H2,20,23)/t15-/m0/s1. The first-order valence-corrected chi connectivity index (χ1v) is 8.17. The number of hydrogen-bond acceptors (Lipinski definition) is 4. The first-order valence-electron chi connectivity index (χ1n) is 8.17. The van der Waals surface area contributed by atoms with Gasteiger partial charge in [0, 0.05) is 30.6 Å². The van der Waals surface area contributed by atoms with Gasteiger partial charge in [0.05, 0.1) is 6.10 Å². The molecular formula is C19H24N2O3. The molecule has 2 heterocycles. The predicted octanol–water partition coefficient (Wildman–Crippen LogP) is 2.73. The second-order valence-electron chi connectivity index (χ2n) is 7.46. The fraction of sp³-hybridized carbons (Fsp3) is 0.421. The maximum Gasteiger partial charge on any atom is 0.284 e. The van der Waals surface area contributed by atoms with Crippen LogP contribution in [-0.4, -0.2) is 22.5 Å². The second kappa shape index (κ2) is 6.07. The SMILES string of the molecule is CC(C)(C)c1oc(C(N)=O)cc1CN1Cc2ccccc2[C@@H](O)C1. The van der Waals surface area contributed by atoms with Gasteiger partial charge in [0.1, 0.15) is 5.76 Å². The number of benzene rings is 1. The van der Waals surface area contributed by atoms with Crippen molar-refractivity contribution in [1.82, 2.24) is 4.90 Å². The third-order valence-corrected chi connectivity index (χ3v) is 4.37. The van der Waals surface area contributed by atoms with Crippen LogP contribution in [0, 0.1) is 0 Å². The fourth-order valence-electron chi connectivity index (χ4n) is 3.32. The summed E-state index contributed by atoms with van der Waals surface area (Å²) < 4.78 is 5.71. The quantitative estimate of drug-likeness (QED) is 0.908. The zero-order valence-electron chi connectivity index (χ0n) is 14.4. The number of nitrogens with two attached hydrogens (primary N) is 1. The van der Waals surface area contributed by atoms with Crippen molar-refractivity contribution in [2.45, 2.75) is 45.4 Å². The summed E-state index contributed by atoms with van der Waals surface area (Å²) in [5.74, 6) is 0.397. The zero-order chi connectivity index (χ0) is 17.5. The van der Waals surface area contributed by atoms with Crippen LogP contribution in [0.25, 0.3) is 0 Å². The molecule has 5 heteroatoms. The van der Waals surface area contributed by atoms with E-state index in [-0.39, 0.29) is 11.2 Å². The van der Waals surface area contributed by atoms with E-state index in [9.17, 15) is 9.90 Å². The molecule has 0 saturated carbocycles. The molecule has 1 aromatic carbocycles. The summed E-state index contributed by atoms with van der Waals surface area (Å²) in [5.41, 5.74) is 8.22. The Morgan fingerprint density at radius 3 is 2.75 bits per heavy atom. The molecule has 0 fully saturated rings. The highest BCUT2D eigenvalue weighted by Crippen LogP contribution is 2.32. The Hall–Kier alpha value is -2.11. The molecule has 1 atom stereocenters. The van der Waals surface area contributed by atoms with Crippen LogP contribution in [0.1, 0.15) is 59.9 Å². The van der Waals surface area contributed by atoms with Crippen molar-refractivity contribution in [3.8, 4) is 0 Å². The third kappa shape index (κ3) is 3.23. The Labute approximate surface area is 142 Å². The number of fused-ring (bicyclic) bond motifs is 1. The van der Waals surface area contributed by atoms with Gasteiger partial charge in [-0.3, -0.25) is 9.69 Å². The van der Waals surface area contributed by atoms with Crippen LogP contribution in [0.3, 0.4) is 0 Å². The number of furan rings is 1. The van der Waals surface area contributed by atoms with Gasteiger partial charge >= 0.3 is 0 Å². The van der Waals surface area contributed by atoms with Crippen molar-refractivity contribution in [3.63, 3.8) is 0 Å². The lowest BCUT2D eigenvalue weighted by Gasteiger charge is -2.32. The van der Waals surface area contributed by atoms with Crippen molar-refractivity contribution in [2.24, 2.45) is 5.73 Å². The largest absolute Gasteiger partial charge is 0.455 e. The number of β-amino-alcohol motifs (C(OH)–C–C–N with tert-alkyl or cyclic N) is 1. The van der Waals surface area contributed by atoms with E-state index in [0.717, 1.165) is 29.0 Å². The average Bonchev–Trinajstić information content (AvgIpc) is 2.91. The maximum absolute atomic E-state index is 11.5. The van der Waals surface area contributed by atoms with E-state index in [1.807, 2.05) is 45.0 Å². The molecule has 0 saturated heterocycles. The van der Waals surface area contributed by atoms with Crippen LogP contribution in [0.5, 0.6) is 0 Å². The molecule has 5 nitrogen and oxygen atoms in total. The van der Waals surface area contributed by atoms with E-state index >= 15 is 0 Å². The van der Waals surface area contributed by atoms with Crippen molar-refractivity contribution in [1.29, 1.82) is 0 Å². The fourth-order valence-corrected chi connectivity index (χ4v) is 3.32. The van der Waals surface area contributed by atoms with Crippen LogP contribution in [0.15, 0.2) is 34.7 Å². The molecule has 1 amide bonds. The minimum Gasteiger partial charge on any atom is -0.455 e. The molecule has 3 rings (SSSR count). The summed E-state index contributed by atoms with van der Waals surface area (Å²) in [6, 6.07) is 9.68. The van der Waals surface area contributed by atoms with E-state index in [4.69, 9.17) is 10.2 Å². The second-order valence-corrected chi connectivity index (χ2v) is 7.46. The Kier molecular flexibility index (Phi) is 4.24. The Balaban J connectivity index is 1.88. The maximum atomic E-state index is 11.5. The molecule has 24 heavy (non-hydrogen) atoms. The molecule has 0 unspecified atom stereocenters. The summed E-state index contributed by atoms with van der Waals surface area (Å²) in [4.78, 5) is 13.6. The monoisotopic (exact) mass is 328 g/mol. The zero-order valence-corrected chi connectivity index (χ0v) is 14.4. The molecule has 0 bridgehead atoms. The van der Waals surface area contributed by atoms with Gasteiger partial charge in [0.25, 0.3) is 5.91 Å². The molecule has 1 aliphatic rings. The molecular weight excluding hydrogens is 304 g/mol. The lowest BCUT2D eigenvalue weighted by molar-refractivity contribution is 0.0876. The van der Waals surface area contributed by atoms with Crippen molar-refractivity contribution in [3.05, 3.63) is 58.5 Å². The smallest absolute Gasteiger partial charge is 0.284 e. The summed E-state index contributed by atoms with van der Waals surface area (Å²) in [6.07, 6.45) is -0.504. The molecule has 0 radical (unpaired) electrons. The minimum atomic E-state index is -0.559. The van der Waals surface area contributed by atoms with Crippen LogP contribution in [-0.2, 0) is 18.5 Å². The van der Waals surface area contributed by atoms with Crippen molar-refractivity contribution >= 4 is 5.91 Å². The third-order valence-electron chi connectivity index (χ3n) is 4.37. The highest BCUT2D eigenvalue weighted by atomic mass is 16.4. The van der Waals surface area contributed by atoms with Gasteiger partial charge in [0.15, 0.2) is 5.76 Å². The number of carbonyl (C=O) groups excluding carboxylic acids is 1. The van der Waals surface area contributed by atoms with Gasteiger partial charge in [-0.05, 0) is 17.2 Å². The number of primary amides is 1. The predicted molar refractivity (Wildman–Crippen MR) is 91.4 cm³/mol. The van der Waals surface area contributed by atoms with Crippen LogP contribution < -0.4 is 5.73 Å². The van der Waals surface area contributed by atoms with Crippen LogP contribution in [0.2, 0.25) is 0 Å². The van der Waals surface area contributed by atoms with Crippen molar-refractivity contribution in [2.75, 3.05) is 6.54 Å². The van der Waals surface area contributed by atoms with Crippen LogP contribution in [0.4, 0.5) is 0 Å². The van der Waals surface area contributed by atoms with Crippen molar-refractivity contribution < 1.29 is 14.3 Å². The topological polar surface area (TPSA) is 79.7 Å². The van der Waals surface area contributed by atoms with Crippen LogP contribution >= 0.6 is 0 Å². The Morgan fingerprint density at radius 1 is 1.38 bits per heavy atom. The van der Waals surface area contributed by atoms with E-state index in [2.05, 4.69) is 4.90 Å². The number of carbonyl (C=O) groups is 1. The Bertz CT molecular complexity index is 758. The molecule has 1 aromatic heterocycles. The number of hydrogen-bond donors (Lipinski definition) is 2. The highest BCUT2D eigenvalue weighted by Gasteiger charge is 2.29. The normalized spacial score (nSPS) is 18.4. The highest BCUT2D eigenvalue weighted by molar-refractivity contribution is 5.90. The first-order chi connectivity index (χ1) is 11.3. The molecule has 0 spiro atoms. The van der Waals surface area contributed by atoms with Gasteiger partial charge in [-0.15, -0.1) is 0 Å². The number of aliphatic hydroxyl groups excluding tert-OH is 1. The van der Waals surface area contributed by atoms with Gasteiger partial charge < -0.3 is 15.3 Å². The van der Waals surface area contributed by atoms with E-state index in [1.54, 1.807) is 6.07 Å². The lowest BCUT2D eigenvalue weighted by Crippen LogP contribution is -2.33. The minimum absolute atomic E-state index is 0.188. The average molecular weight is 328 g/mol. The van der Waals surface area contributed by atoms with E-state index in [1.165, 1.54) is 0 Å². The molecule has 128 valence electrons. The first kappa shape index (κ1) is 16.7. The molecule has 3 N–H and O–H groups in total. The van der Waals surface area contributed by atoms with Gasteiger partial charge in [0.2, 0.25) is 0 Å². The van der Waals surface area contributed by atoms with E-state index in [0.29, 0.717) is 13.1 Å². The number of amides is 1. The Morgan fingerprint density at radius 2 is 2.08 bits per heavy atom. The molecule has 1 aliphatic heterocycles.